The first-order valence-corrected chi connectivity index (χ1v) is 8.25. The Bertz CT molecular complexity index is 571. The molecule has 0 bridgehead atoms. The average molecular weight is 297 g/mol. The molecule has 0 aromatic carbocycles. The molecular weight excluding hydrogens is 282 g/mol. The fourth-order valence-corrected chi connectivity index (χ4v) is 2.91. The van der Waals surface area contributed by atoms with Crippen LogP contribution in [0.25, 0.3) is 11.2 Å². The standard InChI is InChI=1S/C12H15N3O2S2/c1-18-7-3-6-15-11-9(4-2-5-13-11)14-12(15)19-8-10(16)17/h2,4-5H,3,6-8H2,1H3,(H,16,17). The summed E-state index contributed by atoms with van der Waals surface area (Å²) in [4.78, 5) is 19.5. The first-order valence-electron chi connectivity index (χ1n) is 5.87. The molecule has 19 heavy (non-hydrogen) atoms. The molecule has 0 aliphatic heterocycles. The van der Waals surface area contributed by atoms with Crippen molar-refractivity contribution in [2.45, 2.75) is 18.1 Å². The number of fused-ring (bicyclic) bond motifs is 1. The molecule has 102 valence electrons. The van der Waals surface area contributed by atoms with E-state index in [-0.39, 0.29) is 5.75 Å². The van der Waals surface area contributed by atoms with Crippen LogP contribution in [0.3, 0.4) is 0 Å². The second-order valence-corrected chi connectivity index (χ2v) is 5.85. The van der Waals surface area contributed by atoms with Gasteiger partial charge in [0, 0.05) is 12.7 Å². The van der Waals surface area contributed by atoms with E-state index in [9.17, 15) is 4.79 Å². The highest BCUT2D eigenvalue weighted by molar-refractivity contribution is 7.99. The number of nitrogens with zero attached hydrogens (tertiary/aromatic N) is 3. The van der Waals surface area contributed by atoms with Gasteiger partial charge in [-0.15, -0.1) is 0 Å². The van der Waals surface area contributed by atoms with Crippen LogP contribution in [0.1, 0.15) is 6.42 Å². The minimum atomic E-state index is -0.833. The van der Waals surface area contributed by atoms with Crippen LogP contribution in [0.5, 0.6) is 0 Å². The predicted molar refractivity (Wildman–Crippen MR) is 78.9 cm³/mol. The number of aromatic nitrogens is 3. The molecule has 2 rings (SSSR count). The van der Waals surface area contributed by atoms with Gasteiger partial charge in [0.2, 0.25) is 0 Å². The van der Waals surface area contributed by atoms with Gasteiger partial charge in [-0.1, -0.05) is 11.8 Å². The highest BCUT2D eigenvalue weighted by Gasteiger charge is 2.12. The van der Waals surface area contributed by atoms with Gasteiger partial charge >= 0.3 is 5.97 Å². The molecule has 5 nitrogen and oxygen atoms in total. The van der Waals surface area contributed by atoms with Crippen LogP contribution >= 0.6 is 23.5 Å². The Balaban J connectivity index is 2.26. The minimum Gasteiger partial charge on any atom is -0.481 e. The third-order valence-electron chi connectivity index (χ3n) is 2.52. The summed E-state index contributed by atoms with van der Waals surface area (Å²) in [5.41, 5.74) is 1.65. The van der Waals surface area contributed by atoms with Gasteiger partial charge in [0.1, 0.15) is 5.52 Å². The molecule has 7 heteroatoms. The van der Waals surface area contributed by atoms with Crippen LogP contribution < -0.4 is 0 Å². The number of aryl methyl sites for hydroxylation is 1. The van der Waals surface area contributed by atoms with Crippen molar-refractivity contribution in [2.24, 2.45) is 0 Å². The van der Waals surface area contributed by atoms with Crippen LogP contribution in [-0.2, 0) is 11.3 Å². The summed E-state index contributed by atoms with van der Waals surface area (Å²) in [6.45, 7) is 0.816. The van der Waals surface area contributed by atoms with Gasteiger partial charge < -0.3 is 9.67 Å². The van der Waals surface area contributed by atoms with Crippen molar-refractivity contribution in [3.8, 4) is 0 Å². The summed E-state index contributed by atoms with van der Waals surface area (Å²) in [7, 11) is 0. The number of carbonyl (C=O) groups is 1. The number of aliphatic carboxylic acids is 1. The van der Waals surface area contributed by atoms with Crippen LogP contribution in [0, 0.1) is 0 Å². The van der Waals surface area contributed by atoms with Gasteiger partial charge in [-0.25, -0.2) is 9.97 Å². The minimum absolute atomic E-state index is 0.0197. The number of thioether (sulfide) groups is 2. The molecule has 0 fully saturated rings. The van der Waals surface area contributed by atoms with Gasteiger partial charge in [0.15, 0.2) is 10.8 Å². The van der Waals surface area contributed by atoms with Crippen LogP contribution in [0.2, 0.25) is 0 Å². The van der Waals surface area contributed by atoms with E-state index in [1.54, 1.807) is 18.0 Å². The summed E-state index contributed by atoms with van der Waals surface area (Å²) in [6.07, 6.45) is 4.83. The van der Waals surface area contributed by atoms with Gasteiger partial charge in [-0.3, -0.25) is 4.79 Å². The second kappa shape index (κ2) is 6.81. The lowest BCUT2D eigenvalue weighted by Crippen LogP contribution is -2.04. The SMILES string of the molecule is CSCCCn1c(SCC(=O)O)nc2cccnc21. The Morgan fingerprint density at radius 1 is 1.53 bits per heavy atom. The van der Waals surface area contributed by atoms with E-state index in [1.807, 2.05) is 16.7 Å². The molecule has 2 heterocycles. The lowest BCUT2D eigenvalue weighted by molar-refractivity contribution is -0.133. The Hall–Kier alpha value is -1.21. The second-order valence-electron chi connectivity index (χ2n) is 3.92. The van der Waals surface area contributed by atoms with E-state index in [4.69, 9.17) is 5.11 Å². The quantitative estimate of drug-likeness (QED) is 0.625. The maximum Gasteiger partial charge on any atom is 0.313 e. The zero-order valence-electron chi connectivity index (χ0n) is 10.6. The molecule has 2 aromatic rings. The molecule has 1 N–H and O–H groups in total. The lowest BCUT2D eigenvalue weighted by atomic mass is 10.4. The lowest BCUT2D eigenvalue weighted by Gasteiger charge is -2.06. The number of pyridine rings is 1. The van der Waals surface area contributed by atoms with E-state index in [0.717, 1.165) is 35.0 Å². The third kappa shape index (κ3) is 3.63. The van der Waals surface area contributed by atoms with Crippen LogP contribution in [0.4, 0.5) is 0 Å². The molecule has 0 aliphatic carbocycles. The Morgan fingerprint density at radius 3 is 3.11 bits per heavy atom. The fraction of sp³-hybridized carbons (Fsp3) is 0.417. The number of carboxylic acids is 1. The van der Waals surface area contributed by atoms with E-state index >= 15 is 0 Å². The first kappa shape index (κ1) is 14.2. The molecule has 0 saturated carbocycles. The summed E-state index contributed by atoms with van der Waals surface area (Å²) < 4.78 is 2.01. The first-order chi connectivity index (χ1) is 9.22. The predicted octanol–water partition coefficient (Wildman–Crippen LogP) is 2.36. The fourth-order valence-electron chi connectivity index (χ4n) is 1.74. The van der Waals surface area contributed by atoms with Crippen LogP contribution in [-0.4, -0.2) is 43.4 Å². The summed E-state index contributed by atoms with van der Waals surface area (Å²) in [5.74, 6) is 0.252. The molecule has 0 radical (unpaired) electrons. The molecule has 0 unspecified atom stereocenters. The van der Waals surface area contributed by atoms with Crippen molar-refractivity contribution in [1.29, 1.82) is 0 Å². The number of hydrogen-bond donors (Lipinski definition) is 1. The van der Waals surface area contributed by atoms with Crippen molar-refractivity contribution in [1.82, 2.24) is 14.5 Å². The van der Waals surface area contributed by atoms with Gasteiger partial charge in [0.25, 0.3) is 0 Å². The van der Waals surface area contributed by atoms with Gasteiger partial charge in [0.05, 0.1) is 5.75 Å². The van der Waals surface area contributed by atoms with Crippen LogP contribution in [0.15, 0.2) is 23.5 Å². The average Bonchev–Trinajstić information content (AvgIpc) is 2.75. The molecule has 0 atom stereocenters. The van der Waals surface area contributed by atoms with E-state index in [1.165, 1.54) is 11.8 Å². The Labute approximate surface area is 119 Å². The smallest absolute Gasteiger partial charge is 0.313 e. The highest BCUT2D eigenvalue weighted by Crippen LogP contribution is 2.23. The highest BCUT2D eigenvalue weighted by atomic mass is 32.2. The van der Waals surface area contributed by atoms with Crippen molar-refractivity contribution in [2.75, 3.05) is 17.8 Å². The third-order valence-corrected chi connectivity index (χ3v) is 4.18. The Morgan fingerprint density at radius 2 is 2.37 bits per heavy atom. The number of imidazole rings is 1. The molecule has 2 aromatic heterocycles. The summed E-state index contributed by atoms with van der Waals surface area (Å²) in [5, 5.41) is 9.51. The monoisotopic (exact) mass is 297 g/mol. The number of carboxylic acid groups (broad SMARTS) is 1. The molecule has 0 amide bonds. The zero-order chi connectivity index (χ0) is 13.7. The largest absolute Gasteiger partial charge is 0.481 e. The van der Waals surface area contributed by atoms with E-state index in [0.29, 0.717) is 0 Å². The van der Waals surface area contributed by atoms with Crippen molar-refractivity contribution < 1.29 is 9.90 Å². The zero-order valence-corrected chi connectivity index (χ0v) is 12.2. The topological polar surface area (TPSA) is 68.0 Å². The van der Waals surface area contributed by atoms with Crippen molar-refractivity contribution in [3.05, 3.63) is 18.3 Å². The van der Waals surface area contributed by atoms with E-state index in [2.05, 4.69) is 16.2 Å². The molecule has 0 spiro atoms. The number of hydrogen-bond acceptors (Lipinski definition) is 5. The molecular formula is C12H15N3O2S2. The maximum atomic E-state index is 10.7. The Kier molecular flexibility index (Phi) is 5.09. The number of rotatable bonds is 7. The summed E-state index contributed by atoms with van der Waals surface area (Å²) in [6, 6.07) is 3.74. The van der Waals surface area contributed by atoms with Gasteiger partial charge in [-0.05, 0) is 30.6 Å². The van der Waals surface area contributed by atoms with Crippen molar-refractivity contribution in [3.63, 3.8) is 0 Å². The maximum absolute atomic E-state index is 10.7. The normalized spacial score (nSPS) is 11.0. The van der Waals surface area contributed by atoms with E-state index < -0.39 is 5.97 Å². The summed E-state index contributed by atoms with van der Waals surface area (Å²) >= 11 is 3.04. The van der Waals surface area contributed by atoms with Gasteiger partial charge in [-0.2, -0.15) is 11.8 Å². The molecule has 0 aliphatic rings. The molecule has 0 saturated heterocycles. The van der Waals surface area contributed by atoms with Crippen molar-refractivity contribution >= 4 is 40.7 Å².